The molecule has 6 nitrogen and oxygen atoms in total. The first-order valence-corrected chi connectivity index (χ1v) is 13.8. The van der Waals surface area contributed by atoms with Gasteiger partial charge in [-0.25, -0.2) is 5.43 Å². The fourth-order valence-corrected chi connectivity index (χ4v) is 5.40. The molecule has 0 radical (unpaired) electrons. The van der Waals surface area contributed by atoms with Crippen LogP contribution in [-0.4, -0.2) is 28.7 Å². The molecule has 5 rings (SSSR count). The highest BCUT2D eigenvalue weighted by Crippen LogP contribution is 2.39. The van der Waals surface area contributed by atoms with E-state index >= 15 is 0 Å². The number of benzene rings is 4. The predicted molar refractivity (Wildman–Crippen MR) is 156 cm³/mol. The molecule has 0 aliphatic carbocycles. The number of nitrogens with one attached hydrogen (secondary N) is 1. The van der Waals surface area contributed by atoms with Gasteiger partial charge in [-0.05, 0) is 65.6 Å². The Morgan fingerprint density at radius 2 is 1.67 bits per heavy atom. The number of hydrogen-bond donors (Lipinski definition) is 1. The monoisotopic (exact) mass is 535 g/mol. The van der Waals surface area contributed by atoms with Crippen LogP contribution in [-0.2, 0) is 17.9 Å². The number of rotatable bonds is 9. The molecule has 0 saturated carbocycles. The van der Waals surface area contributed by atoms with E-state index in [2.05, 4.69) is 41.7 Å². The van der Waals surface area contributed by atoms with Crippen LogP contribution in [0.25, 0.3) is 0 Å². The maximum Gasteiger partial charge on any atom is 0.271 e. The Morgan fingerprint density at radius 1 is 0.949 bits per heavy atom. The van der Waals surface area contributed by atoms with Crippen molar-refractivity contribution in [2.75, 3.05) is 5.75 Å². The van der Waals surface area contributed by atoms with Crippen molar-refractivity contribution in [3.05, 3.63) is 137 Å². The Hall–Kier alpha value is -4.36. The second-order valence-corrected chi connectivity index (χ2v) is 10.4. The highest BCUT2D eigenvalue weighted by atomic mass is 32.2. The molecule has 0 aromatic heterocycles. The lowest BCUT2D eigenvalue weighted by molar-refractivity contribution is -0.128. The fraction of sp³-hybridized carbons (Fsp3) is 0.156. The first-order valence-electron chi connectivity index (χ1n) is 12.7. The zero-order chi connectivity index (χ0) is 27.0. The second kappa shape index (κ2) is 12.5. The summed E-state index contributed by atoms with van der Waals surface area (Å²) in [4.78, 5) is 27.0. The summed E-state index contributed by atoms with van der Waals surface area (Å²) in [6.07, 6.45) is 1.60. The Labute approximate surface area is 232 Å². The van der Waals surface area contributed by atoms with Crippen LogP contribution in [0.1, 0.15) is 43.5 Å². The normalized spacial score (nSPS) is 15.1. The van der Waals surface area contributed by atoms with Crippen molar-refractivity contribution in [3.8, 4) is 5.75 Å². The van der Waals surface area contributed by atoms with Gasteiger partial charge in [-0.1, -0.05) is 72.3 Å². The highest BCUT2D eigenvalue weighted by molar-refractivity contribution is 8.00. The summed E-state index contributed by atoms with van der Waals surface area (Å²) in [5.74, 6) is 1.04. The number of ether oxygens (including phenoxy) is 1. The molecule has 0 bridgehead atoms. The minimum Gasteiger partial charge on any atom is -0.489 e. The summed E-state index contributed by atoms with van der Waals surface area (Å²) < 4.78 is 5.84. The third-order valence-corrected chi connectivity index (χ3v) is 7.66. The molecule has 1 aliphatic heterocycles. The molecule has 0 spiro atoms. The molecule has 4 aromatic rings. The van der Waals surface area contributed by atoms with Crippen molar-refractivity contribution >= 4 is 29.8 Å². The van der Waals surface area contributed by atoms with E-state index in [4.69, 9.17) is 4.74 Å². The van der Waals surface area contributed by atoms with Gasteiger partial charge in [0.2, 0.25) is 5.91 Å². The van der Waals surface area contributed by atoms with Gasteiger partial charge in [-0.15, -0.1) is 11.8 Å². The standard InChI is InChI=1S/C32H29N3O3S/c1-23-7-9-26(10-8-23)21-38-29-17-11-24(12-18-29)19-33-34-31(37)27-13-15-28(16-14-27)32-35(30(36)22-39-32)20-25-5-3-2-4-6-25/h2-19,32H,20-22H2,1H3,(H,34,37)/b33-19-/t32-/m1/s1. The molecule has 196 valence electrons. The molecule has 7 heteroatoms. The SMILES string of the molecule is Cc1ccc(COc2ccc(/C=N\NC(=O)c3ccc([C@H]4SCC(=O)N4Cc4ccccc4)cc3)cc2)cc1. The average Bonchev–Trinajstić information content (AvgIpc) is 3.33. The van der Waals surface area contributed by atoms with Crippen LogP contribution in [0.4, 0.5) is 0 Å². The smallest absolute Gasteiger partial charge is 0.271 e. The summed E-state index contributed by atoms with van der Waals surface area (Å²) >= 11 is 1.60. The number of carbonyl (C=O) groups excluding carboxylic acids is 2. The zero-order valence-electron chi connectivity index (χ0n) is 21.6. The van der Waals surface area contributed by atoms with E-state index in [0.29, 0.717) is 24.5 Å². The molecule has 1 atom stereocenters. The summed E-state index contributed by atoms with van der Waals surface area (Å²) in [6, 6.07) is 33.1. The van der Waals surface area contributed by atoms with Gasteiger partial charge in [0.05, 0.1) is 12.0 Å². The first kappa shape index (κ1) is 26.3. The number of thioether (sulfide) groups is 1. The number of nitrogens with zero attached hydrogens (tertiary/aromatic N) is 2. The van der Waals surface area contributed by atoms with Crippen LogP contribution in [0.5, 0.6) is 5.75 Å². The minimum atomic E-state index is -0.299. The topological polar surface area (TPSA) is 71.0 Å². The van der Waals surface area contributed by atoms with Crippen LogP contribution in [0.3, 0.4) is 0 Å². The van der Waals surface area contributed by atoms with Gasteiger partial charge in [0.25, 0.3) is 5.91 Å². The lowest BCUT2D eigenvalue weighted by Crippen LogP contribution is -2.27. The van der Waals surface area contributed by atoms with Crippen molar-refractivity contribution < 1.29 is 14.3 Å². The second-order valence-electron chi connectivity index (χ2n) is 9.34. The average molecular weight is 536 g/mol. The zero-order valence-corrected chi connectivity index (χ0v) is 22.4. The first-order chi connectivity index (χ1) is 19.0. The number of hydrazone groups is 1. The van der Waals surface area contributed by atoms with E-state index in [1.54, 1.807) is 30.1 Å². The van der Waals surface area contributed by atoms with Crippen LogP contribution >= 0.6 is 11.8 Å². The molecule has 2 amide bonds. The maximum atomic E-state index is 12.6. The van der Waals surface area contributed by atoms with Gasteiger partial charge >= 0.3 is 0 Å². The quantitative estimate of drug-likeness (QED) is 0.207. The van der Waals surface area contributed by atoms with Crippen LogP contribution in [0.15, 0.2) is 108 Å². The minimum absolute atomic E-state index is 0.0725. The van der Waals surface area contributed by atoms with Gasteiger partial charge in [-0.3, -0.25) is 9.59 Å². The molecule has 39 heavy (non-hydrogen) atoms. The van der Waals surface area contributed by atoms with Gasteiger partial charge in [0.15, 0.2) is 0 Å². The Morgan fingerprint density at radius 3 is 2.38 bits per heavy atom. The van der Waals surface area contributed by atoms with E-state index in [-0.39, 0.29) is 17.2 Å². The van der Waals surface area contributed by atoms with Gasteiger partial charge in [0, 0.05) is 12.1 Å². The summed E-state index contributed by atoms with van der Waals surface area (Å²) in [6.45, 7) is 3.13. The third-order valence-electron chi connectivity index (χ3n) is 6.41. The molecule has 1 saturated heterocycles. The predicted octanol–water partition coefficient (Wildman–Crippen LogP) is 6.11. The van der Waals surface area contributed by atoms with Crippen LogP contribution in [0.2, 0.25) is 0 Å². The van der Waals surface area contributed by atoms with E-state index in [1.165, 1.54) is 5.56 Å². The maximum absolute atomic E-state index is 12.6. The van der Waals surface area contributed by atoms with Crippen LogP contribution in [0, 0.1) is 6.92 Å². The lowest BCUT2D eigenvalue weighted by Gasteiger charge is -2.24. The molecule has 1 heterocycles. The Kier molecular flexibility index (Phi) is 8.39. The lowest BCUT2D eigenvalue weighted by atomic mass is 10.1. The number of hydrogen-bond acceptors (Lipinski definition) is 5. The van der Waals surface area contributed by atoms with Crippen molar-refractivity contribution in [1.29, 1.82) is 0 Å². The molecular weight excluding hydrogens is 506 g/mol. The van der Waals surface area contributed by atoms with Crippen LogP contribution < -0.4 is 10.2 Å². The molecular formula is C32H29N3O3S. The van der Waals surface area contributed by atoms with Crippen molar-refractivity contribution in [2.24, 2.45) is 5.10 Å². The molecule has 0 unspecified atom stereocenters. The van der Waals surface area contributed by atoms with E-state index in [1.807, 2.05) is 71.6 Å². The summed E-state index contributed by atoms with van der Waals surface area (Å²) in [5.41, 5.74) is 8.34. The summed E-state index contributed by atoms with van der Waals surface area (Å²) in [5, 5.41) is 4.02. The number of amides is 2. The van der Waals surface area contributed by atoms with Gasteiger partial charge in [-0.2, -0.15) is 5.10 Å². The molecule has 4 aromatic carbocycles. The van der Waals surface area contributed by atoms with E-state index < -0.39 is 0 Å². The van der Waals surface area contributed by atoms with E-state index in [9.17, 15) is 9.59 Å². The Balaban J connectivity index is 1.13. The Bertz CT molecular complexity index is 1440. The fourth-order valence-electron chi connectivity index (χ4n) is 4.21. The largest absolute Gasteiger partial charge is 0.489 e. The number of aryl methyl sites for hydroxylation is 1. The molecule has 1 aliphatic rings. The molecule has 1 fully saturated rings. The van der Waals surface area contributed by atoms with Crippen molar-refractivity contribution in [2.45, 2.75) is 25.4 Å². The van der Waals surface area contributed by atoms with Gasteiger partial charge in [0.1, 0.15) is 17.7 Å². The van der Waals surface area contributed by atoms with E-state index in [0.717, 1.165) is 28.0 Å². The van der Waals surface area contributed by atoms with Crippen molar-refractivity contribution in [1.82, 2.24) is 10.3 Å². The third kappa shape index (κ3) is 6.94. The number of carbonyl (C=O) groups is 2. The molecule has 1 N–H and O–H groups in total. The van der Waals surface area contributed by atoms with Crippen molar-refractivity contribution in [3.63, 3.8) is 0 Å². The highest BCUT2D eigenvalue weighted by Gasteiger charge is 2.32. The van der Waals surface area contributed by atoms with Gasteiger partial charge < -0.3 is 9.64 Å². The summed E-state index contributed by atoms with van der Waals surface area (Å²) in [7, 11) is 0.